The van der Waals surface area contributed by atoms with Crippen molar-refractivity contribution < 1.29 is 9.59 Å². The van der Waals surface area contributed by atoms with E-state index in [1.54, 1.807) is 6.92 Å². The van der Waals surface area contributed by atoms with Crippen molar-refractivity contribution in [1.29, 1.82) is 0 Å². The number of aryl methyl sites for hydroxylation is 1. The summed E-state index contributed by atoms with van der Waals surface area (Å²) < 4.78 is 1.99. The monoisotopic (exact) mass is 346 g/mol. The molecule has 0 aliphatic carbocycles. The number of anilines is 1. The largest absolute Gasteiger partial charge is 0.349 e. The van der Waals surface area contributed by atoms with Crippen molar-refractivity contribution in [2.24, 2.45) is 7.05 Å². The third kappa shape index (κ3) is 3.67. The van der Waals surface area contributed by atoms with Crippen LogP contribution in [0.3, 0.4) is 0 Å². The lowest BCUT2D eigenvalue weighted by Crippen LogP contribution is -2.44. The van der Waals surface area contributed by atoms with Crippen LogP contribution >= 0.6 is 11.3 Å². The van der Waals surface area contributed by atoms with Crippen LogP contribution in [0.4, 0.5) is 5.13 Å². The van der Waals surface area contributed by atoms with Crippen LogP contribution in [0.25, 0.3) is 11.4 Å². The molecule has 1 N–H and O–H groups in total. The summed E-state index contributed by atoms with van der Waals surface area (Å²) in [6.07, 6.45) is 5.27. The van der Waals surface area contributed by atoms with Gasteiger partial charge in [0.05, 0.1) is 11.4 Å². The number of carbonyl (C=O) groups is 2. The molecule has 0 spiro atoms. The summed E-state index contributed by atoms with van der Waals surface area (Å²) in [5.41, 5.74) is 1.87. The molecule has 2 aromatic rings. The zero-order valence-electron chi connectivity index (χ0n) is 14.0. The van der Waals surface area contributed by atoms with E-state index in [1.807, 2.05) is 40.2 Å². The van der Waals surface area contributed by atoms with E-state index in [2.05, 4.69) is 10.3 Å². The Labute approximate surface area is 145 Å². The van der Waals surface area contributed by atoms with Crippen molar-refractivity contribution in [3.8, 4) is 11.4 Å². The fourth-order valence-corrected chi connectivity index (χ4v) is 3.91. The maximum absolute atomic E-state index is 12.3. The summed E-state index contributed by atoms with van der Waals surface area (Å²) >= 11 is 1.42. The van der Waals surface area contributed by atoms with Gasteiger partial charge in [-0.15, -0.1) is 11.3 Å². The Hall–Kier alpha value is -2.15. The molecule has 1 unspecified atom stereocenters. The smallest absolute Gasteiger partial charge is 0.228 e. The van der Waals surface area contributed by atoms with Gasteiger partial charge in [0.1, 0.15) is 0 Å². The number of hydrogen-bond donors (Lipinski definition) is 1. The Kier molecular flexibility index (Phi) is 4.99. The van der Waals surface area contributed by atoms with Crippen LogP contribution in [0.1, 0.15) is 32.6 Å². The Morgan fingerprint density at radius 2 is 2.25 bits per heavy atom. The molecule has 1 atom stereocenters. The molecule has 7 heteroatoms. The summed E-state index contributed by atoms with van der Waals surface area (Å²) in [7, 11) is 1.96. The van der Waals surface area contributed by atoms with Gasteiger partial charge in [0.25, 0.3) is 0 Å². The normalized spacial score (nSPS) is 17.8. The number of hydrogen-bond acceptors (Lipinski definition) is 4. The van der Waals surface area contributed by atoms with Gasteiger partial charge in [0.2, 0.25) is 11.8 Å². The quantitative estimate of drug-likeness (QED) is 0.926. The summed E-state index contributed by atoms with van der Waals surface area (Å²) in [5, 5.41) is 5.41. The predicted molar refractivity (Wildman–Crippen MR) is 94.8 cm³/mol. The van der Waals surface area contributed by atoms with Crippen LogP contribution in [0, 0.1) is 0 Å². The summed E-state index contributed by atoms with van der Waals surface area (Å²) in [5.74, 6) is -0.0336. The third-order valence-electron chi connectivity index (χ3n) is 4.41. The van der Waals surface area contributed by atoms with E-state index < -0.39 is 0 Å². The second-order valence-corrected chi connectivity index (χ2v) is 7.01. The first-order valence-electron chi connectivity index (χ1n) is 8.19. The average Bonchev–Trinajstić information content (AvgIpc) is 3.16. The fourth-order valence-electron chi connectivity index (χ4n) is 3.19. The molecule has 1 fully saturated rings. The summed E-state index contributed by atoms with van der Waals surface area (Å²) in [6, 6.07) is 3.96. The predicted octanol–water partition coefficient (Wildman–Crippen LogP) is 2.88. The van der Waals surface area contributed by atoms with Gasteiger partial charge in [-0.3, -0.25) is 9.59 Å². The van der Waals surface area contributed by atoms with Gasteiger partial charge in [-0.25, -0.2) is 4.98 Å². The first-order chi connectivity index (χ1) is 11.5. The first-order valence-corrected chi connectivity index (χ1v) is 9.07. The number of rotatable bonds is 4. The lowest BCUT2D eigenvalue weighted by Gasteiger charge is -2.34. The van der Waals surface area contributed by atoms with Crippen LogP contribution in [0.2, 0.25) is 0 Å². The second kappa shape index (κ2) is 7.17. The van der Waals surface area contributed by atoms with E-state index >= 15 is 0 Å². The van der Waals surface area contributed by atoms with Crippen molar-refractivity contribution in [3.63, 3.8) is 0 Å². The van der Waals surface area contributed by atoms with E-state index in [4.69, 9.17) is 0 Å². The van der Waals surface area contributed by atoms with Gasteiger partial charge in [-0.1, -0.05) is 0 Å². The van der Waals surface area contributed by atoms with Crippen molar-refractivity contribution >= 4 is 28.3 Å². The number of nitrogens with one attached hydrogen (secondary N) is 1. The molecule has 3 rings (SSSR count). The summed E-state index contributed by atoms with van der Waals surface area (Å²) in [6.45, 7) is 2.32. The minimum absolute atomic E-state index is 0.00329. The molecule has 24 heavy (non-hydrogen) atoms. The van der Waals surface area contributed by atoms with Crippen LogP contribution in [-0.2, 0) is 16.6 Å². The van der Waals surface area contributed by atoms with Gasteiger partial charge < -0.3 is 14.8 Å². The Balaban J connectivity index is 1.62. The number of thiazole rings is 1. The van der Waals surface area contributed by atoms with Gasteiger partial charge >= 0.3 is 0 Å². The SMILES string of the molecule is CC(=O)N1CCCCC1CC(=O)Nc1nc(-c2cccn2C)cs1. The molecule has 128 valence electrons. The number of carbonyl (C=O) groups excluding carboxylic acids is 2. The van der Waals surface area contributed by atoms with Gasteiger partial charge in [-0.2, -0.15) is 0 Å². The van der Waals surface area contributed by atoms with E-state index in [0.29, 0.717) is 11.6 Å². The van der Waals surface area contributed by atoms with E-state index in [9.17, 15) is 9.59 Å². The third-order valence-corrected chi connectivity index (χ3v) is 5.17. The lowest BCUT2D eigenvalue weighted by atomic mass is 9.99. The maximum atomic E-state index is 12.3. The number of aromatic nitrogens is 2. The van der Waals surface area contributed by atoms with Crippen LogP contribution in [0.15, 0.2) is 23.7 Å². The van der Waals surface area contributed by atoms with Crippen molar-refractivity contribution in [2.75, 3.05) is 11.9 Å². The molecule has 3 heterocycles. The van der Waals surface area contributed by atoms with Crippen LogP contribution in [0.5, 0.6) is 0 Å². The topological polar surface area (TPSA) is 67.2 Å². The highest BCUT2D eigenvalue weighted by molar-refractivity contribution is 7.14. The molecular weight excluding hydrogens is 324 g/mol. The molecular formula is C17H22N4O2S. The average molecular weight is 346 g/mol. The molecule has 0 aromatic carbocycles. The Bertz CT molecular complexity index is 737. The standard InChI is InChI=1S/C17H22N4O2S/c1-12(22)21-9-4-3-6-13(21)10-16(23)19-17-18-14(11-24-17)15-7-5-8-20(15)2/h5,7-8,11,13H,3-4,6,9-10H2,1-2H3,(H,18,19,23). The highest BCUT2D eigenvalue weighted by Crippen LogP contribution is 2.26. The summed E-state index contributed by atoms with van der Waals surface area (Å²) in [4.78, 5) is 30.3. The molecule has 1 aliphatic heterocycles. The van der Waals surface area contributed by atoms with Crippen molar-refractivity contribution in [1.82, 2.24) is 14.5 Å². The van der Waals surface area contributed by atoms with Crippen LogP contribution in [-0.4, -0.2) is 38.9 Å². The zero-order chi connectivity index (χ0) is 17.1. The van der Waals surface area contributed by atoms with E-state index in [0.717, 1.165) is 37.2 Å². The number of amides is 2. The Morgan fingerprint density at radius 1 is 1.42 bits per heavy atom. The molecule has 2 aromatic heterocycles. The first kappa shape index (κ1) is 16.7. The Morgan fingerprint density at radius 3 is 2.96 bits per heavy atom. The number of nitrogens with zero attached hydrogens (tertiary/aromatic N) is 3. The van der Waals surface area contributed by atoms with Gasteiger partial charge in [0.15, 0.2) is 5.13 Å². The molecule has 0 radical (unpaired) electrons. The maximum Gasteiger partial charge on any atom is 0.228 e. The zero-order valence-corrected chi connectivity index (χ0v) is 14.8. The molecule has 0 bridgehead atoms. The van der Waals surface area contributed by atoms with E-state index in [-0.39, 0.29) is 17.9 Å². The molecule has 1 aliphatic rings. The lowest BCUT2D eigenvalue weighted by molar-refractivity contribution is -0.133. The van der Waals surface area contributed by atoms with Crippen molar-refractivity contribution in [3.05, 3.63) is 23.7 Å². The highest BCUT2D eigenvalue weighted by atomic mass is 32.1. The van der Waals surface area contributed by atoms with Crippen molar-refractivity contribution in [2.45, 2.75) is 38.6 Å². The van der Waals surface area contributed by atoms with E-state index in [1.165, 1.54) is 11.3 Å². The molecule has 6 nitrogen and oxygen atoms in total. The second-order valence-electron chi connectivity index (χ2n) is 6.16. The molecule has 1 saturated heterocycles. The molecule has 0 saturated carbocycles. The van der Waals surface area contributed by atoms with Gasteiger partial charge in [-0.05, 0) is 31.4 Å². The highest BCUT2D eigenvalue weighted by Gasteiger charge is 2.26. The number of piperidine rings is 1. The van der Waals surface area contributed by atoms with Crippen LogP contribution < -0.4 is 5.32 Å². The fraction of sp³-hybridized carbons (Fsp3) is 0.471. The molecule has 2 amide bonds. The minimum Gasteiger partial charge on any atom is -0.349 e. The van der Waals surface area contributed by atoms with Gasteiger partial charge in [0, 0.05) is 44.6 Å². The minimum atomic E-state index is -0.0825. The number of likely N-dealkylation sites (tertiary alicyclic amines) is 1.